The van der Waals surface area contributed by atoms with Gasteiger partial charge < -0.3 is 0 Å². The van der Waals surface area contributed by atoms with Crippen molar-refractivity contribution in [2.75, 3.05) is 5.75 Å². The lowest BCUT2D eigenvalue weighted by Gasteiger charge is -1.95. The number of halogens is 1. The zero-order chi connectivity index (χ0) is 8.27. The Kier molecular flexibility index (Phi) is 2.65. The third kappa shape index (κ3) is 2.05. The monoisotopic (exact) mass is 170 g/mol. The third-order valence-electron chi connectivity index (χ3n) is 1.29. The van der Waals surface area contributed by atoms with Crippen LogP contribution < -0.4 is 0 Å². The van der Waals surface area contributed by atoms with Gasteiger partial charge in [-0.05, 0) is 12.1 Å². The van der Waals surface area contributed by atoms with Gasteiger partial charge in [0.05, 0.1) is 5.75 Å². The molecule has 0 N–H and O–H groups in total. The van der Waals surface area contributed by atoms with Crippen molar-refractivity contribution in [2.45, 2.75) is 0 Å². The van der Waals surface area contributed by atoms with Crippen LogP contribution in [0.2, 0.25) is 0 Å². The predicted molar refractivity (Wildman–Crippen MR) is 44.6 cm³/mol. The first kappa shape index (κ1) is 8.27. The largest absolute Gasteiger partial charge is 0.293 e. The van der Waals surface area contributed by atoms with Gasteiger partial charge in [0.25, 0.3) is 0 Å². The Labute approximate surface area is 69.6 Å². The molecule has 0 saturated heterocycles. The molecule has 58 valence electrons. The predicted octanol–water partition coefficient (Wildman–Crippen LogP) is 1.94. The van der Waals surface area contributed by atoms with E-state index in [1.54, 1.807) is 6.07 Å². The molecule has 0 saturated carbocycles. The summed E-state index contributed by atoms with van der Waals surface area (Å²) in [6.45, 7) is 0. The summed E-state index contributed by atoms with van der Waals surface area (Å²) in [5.74, 6) is -0.436. The second kappa shape index (κ2) is 3.53. The van der Waals surface area contributed by atoms with Crippen molar-refractivity contribution >= 4 is 18.4 Å². The van der Waals surface area contributed by atoms with Crippen molar-refractivity contribution in [3.05, 3.63) is 35.6 Å². The van der Waals surface area contributed by atoms with Crippen molar-refractivity contribution in [3.63, 3.8) is 0 Å². The van der Waals surface area contributed by atoms with Crippen molar-refractivity contribution < 1.29 is 9.18 Å². The number of Topliss-reactive ketones (excluding diaryl/α,β-unsaturated/α-hetero) is 1. The molecule has 0 unspecified atom stereocenters. The molecule has 3 heteroatoms. The van der Waals surface area contributed by atoms with Crippen molar-refractivity contribution in [1.82, 2.24) is 0 Å². The smallest absolute Gasteiger partial charge is 0.172 e. The Balaban J connectivity index is 2.96. The summed E-state index contributed by atoms with van der Waals surface area (Å²) in [4.78, 5) is 10.9. The summed E-state index contributed by atoms with van der Waals surface area (Å²) in [6.07, 6.45) is 0. The second-order valence-corrected chi connectivity index (χ2v) is 2.41. The van der Waals surface area contributed by atoms with Crippen LogP contribution in [0.25, 0.3) is 0 Å². The number of carbonyl (C=O) groups is 1. The van der Waals surface area contributed by atoms with Gasteiger partial charge in [0.15, 0.2) is 5.78 Å². The number of hydrogen-bond acceptors (Lipinski definition) is 2. The average molecular weight is 170 g/mol. The summed E-state index contributed by atoms with van der Waals surface area (Å²) >= 11 is 3.79. The number of ketones is 1. The lowest BCUT2D eigenvalue weighted by atomic mass is 10.1. The fourth-order valence-electron chi connectivity index (χ4n) is 0.753. The number of hydrogen-bond donors (Lipinski definition) is 1. The molecule has 0 aliphatic heterocycles. The molecule has 1 nitrogen and oxygen atoms in total. The highest BCUT2D eigenvalue weighted by atomic mass is 32.1. The van der Waals surface area contributed by atoms with Crippen LogP contribution in [0.3, 0.4) is 0 Å². The molecule has 0 spiro atoms. The van der Waals surface area contributed by atoms with E-state index in [-0.39, 0.29) is 11.5 Å². The van der Waals surface area contributed by atoms with Crippen molar-refractivity contribution in [2.24, 2.45) is 0 Å². The molecule has 0 aliphatic rings. The fraction of sp³-hybridized carbons (Fsp3) is 0.125. The van der Waals surface area contributed by atoms with Crippen molar-refractivity contribution in [1.29, 1.82) is 0 Å². The molecule has 0 aliphatic carbocycles. The minimum absolute atomic E-state index is 0.115. The molecular formula is C8H7FOS. The molecule has 0 amide bonds. The topological polar surface area (TPSA) is 17.1 Å². The summed E-state index contributed by atoms with van der Waals surface area (Å²) in [5.41, 5.74) is 0.375. The highest BCUT2D eigenvalue weighted by Gasteiger charge is 2.02. The van der Waals surface area contributed by atoms with E-state index in [1.807, 2.05) is 0 Å². The van der Waals surface area contributed by atoms with E-state index >= 15 is 0 Å². The van der Waals surface area contributed by atoms with Gasteiger partial charge in [-0.1, -0.05) is 12.1 Å². The van der Waals surface area contributed by atoms with Crippen LogP contribution in [0, 0.1) is 5.82 Å². The molecular weight excluding hydrogens is 163 g/mol. The van der Waals surface area contributed by atoms with Crippen LogP contribution in [0.15, 0.2) is 24.3 Å². The normalized spacial score (nSPS) is 9.64. The molecule has 0 atom stereocenters. The van der Waals surface area contributed by atoms with Gasteiger partial charge in [0.1, 0.15) is 5.82 Å². The lowest BCUT2D eigenvalue weighted by Crippen LogP contribution is -1.99. The maximum Gasteiger partial charge on any atom is 0.172 e. The summed E-state index contributed by atoms with van der Waals surface area (Å²) in [7, 11) is 0. The third-order valence-corrected chi connectivity index (χ3v) is 1.58. The van der Waals surface area contributed by atoms with E-state index in [2.05, 4.69) is 12.6 Å². The highest BCUT2D eigenvalue weighted by Crippen LogP contribution is 2.04. The minimum Gasteiger partial charge on any atom is -0.293 e. The molecule has 0 heterocycles. The summed E-state index contributed by atoms with van der Waals surface area (Å²) < 4.78 is 12.5. The standard InChI is InChI=1S/C8H7FOS/c9-7-3-1-2-6(4-7)8(10)5-11/h1-4,11H,5H2. The van der Waals surface area contributed by atoms with Gasteiger partial charge in [-0.25, -0.2) is 4.39 Å². The van der Waals surface area contributed by atoms with E-state index in [4.69, 9.17) is 0 Å². The van der Waals surface area contributed by atoms with Gasteiger partial charge in [-0.3, -0.25) is 4.79 Å². The molecule has 0 fully saturated rings. The summed E-state index contributed by atoms with van der Waals surface area (Å²) in [6, 6.07) is 5.58. The Morgan fingerprint density at radius 1 is 1.55 bits per heavy atom. The summed E-state index contributed by atoms with van der Waals surface area (Å²) in [5, 5.41) is 0. The second-order valence-electron chi connectivity index (χ2n) is 2.09. The van der Waals surface area contributed by atoms with Crippen LogP contribution >= 0.6 is 12.6 Å². The molecule has 1 aromatic carbocycles. The Morgan fingerprint density at radius 3 is 2.82 bits per heavy atom. The first-order valence-corrected chi connectivity index (χ1v) is 3.77. The van der Waals surface area contributed by atoms with Gasteiger partial charge in [-0.2, -0.15) is 12.6 Å². The van der Waals surface area contributed by atoms with E-state index < -0.39 is 5.82 Å². The molecule has 1 rings (SSSR count). The number of rotatable bonds is 2. The van der Waals surface area contributed by atoms with E-state index in [9.17, 15) is 9.18 Å². The first-order valence-electron chi connectivity index (χ1n) is 3.13. The van der Waals surface area contributed by atoms with E-state index in [1.165, 1.54) is 18.2 Å². The van der Waals surface area contributed by atoms with Crippen LogP contribution in [-0.2, 0) is 0 Å². The van der Waals surface area contributed by atoms with Crippen LogP contribution in [0.1, 0.15) is 10.4 Å². The van der Waals surface area contributed by atoms with Crippen LogP contribution in [0.4, 0.5) is 4.39 Å². The lowest BCUT2D eigenvalue weighted by molar-refractivity contribution is 0.102. The fourth-order valence-corrected chi connectivity index (χ4v) is 0.936. The Bertz CT molecular complexity index is 273. The zero-order valence-electron chi connectivity index (χ0n) is 5.75. The van der Waals surface area contributed by atoms with Crippen LogP contribution in [0.5, 0.6) is 0 Å². The Morgan fingerprint density at radius 2 is 2.27 bits per heavy atom. The quantitative estimate of drug-likeness (QED) is 0.530. The van der Waals surface area contributed by atoms with Gasteiger partial charge in [-0.15, -0.1) is 0 Å². The first-order chi connectivity index (χ1) is 5.24. The zero-order valence-corrected chi connectivity index (χ0v) is 6.64. The number of thiol groups is 1. The molecule has 1 aromatic rings. The maximum atomic E-state index is 12.5. The van der Waals surface area contributed by atoms with E-state index in [0.29, 0.717) is 5.56 Å². The SMILES string of the molecule is O=C(CS)c1cccc(F)c1. The van der Waals surface area contributed by atoms with E-state index in [0.717, 1.165) is 0 Å². The average Bonchev–Trinajstić information content (AvgIpc) is 2.03. The molecule has 11 heavy (non-hydrogen) atoms. The van der Waals surface area contributed by atoms with Gasteiger partial charge in [0.2, 0.25) is 0 Å². The van der Waals surface area contributed by atoms with Gasteiger partial charge in [0, 0.05) is 5.56 Å². The van der Waals surface area contributed by atoms with Crippen molar-refractivity contribution in [3.8, 4) is 0 Å². The van der Waals surface area contributed by atoms with Crippen LogP contribution in [-0.4, -0.2) is 11.5 Å². The molecule has 0 bridgehead atoms. The number of benzene rings is 1. The number of carbonyl (C=O) groups excluding carboxylic acids is 1. The minimum atomic E-state index is -0.391. The maximum absolute atomic E-state index is 12.5. The Hall–Kier alpha value is -0.830. The molecule has 0 radical (unpaired) electrons. The molecule has 0 aromatic heterocycles. The van der Waals surface area contributed by atoms with Gasteiger partial charge >= 0.3 is 0 Å². The highest BCUT2D eigenvalue weighted by molar-refractivity contribution is 7.81.